The molecule has 4 aromatic rings. The summed E-state index contributed by atoms with van der Waals surface area (Å²) in [6.45, 7) is 5.28. The second-order valence-corrected chi connectivity index (χ2v) is 7.69. The molecule has 0 aliphatic rings. The van der Waals surface area contributed by atoms with Crippen LogP contribution in [-0.4, -0.2) is 34.9 Å². The standard InChI is InChI=1S/C23H26N6O4/c1-3-5-13-29-20-19(21(30)26-23(29)32)28(4-2)18(25-20)15-33-22(31)17-9-7-16(8-10-17)14-27-12-6-11-24-27/h6-12H,3-5,13-15H2,1-2H3,(H,26,30,32). The van der Waals surface area contributed by atoms with E-state index in [1.807, 2.05) is 38.2 Å². The summed E-state index contributed by atoms with van der Waals surface area (Å²) in [7, 11) is 0. The fraction of sp³-hybridized carbons (Fsp3) is 0.348. The van der Waals surface area contributed by atoms with E-state index in [-0.39, 0.29) is 6.61 Å². The number of nitrogens with zero attached hydrogens (tertiary/aromatic N) is 5. The van der Waals surface area contributed by atoms with Gasteiger partial charge in [0.2, 0.25) is 0 Å². The molecule has 1 N–H and O–H groups in total. The number of esters is 1. The third-order valence-corrected chi connectivity index (χ3v) is 5.44. The number of unbranched alkanes of at least 4 members (excludes halogenated alkanes) is 1. The molecule has 10 heteroatoms. The highest BCUT2D eigenvalue weighted by molar-refractivity contribution is 5.89. The van der Waals surface area contributed by atoms with Crippen molar-refractivity contribution in [1.29, 1.82) is 0 Å². The zero-order valence-electron chi connectivity index (χ0n) is 18.7. The molecular weight excluding hydrogens is 424 g/mol. The zero-order chi connectivity index (χ0) is 23.4. The van der Waals surface area contributed by atoms with Crippen molar-refractivity contribution in [2.24, 2.45) is 0 Å². The summed E-state index contributed by atoms with van der Waals surface area (Å²) < 4.78 is 10.4. The summed E-state index contributed by atoms with van der Waals surface area (Å²) in [4.78, 5) is 44.3. The lowest BCUT2D eigenvalue weighted by atomic mass is 10.1. The van der Waals surface area contributed by atoms with E-state index in [1.165, 1.54) is 4.57 Å². The van der Waals surface area contributed by atoms with Crippen LogP contribution in [0.15, 0.2) is 52.3 Å². The molecule has 3 heterocycles. The maximum Gasteiger partial charge on any atom is 0.338 e. The number of fused-ring (bicyclic) bond motifs is 1. The van der Waals surface area contributed by atoms with Crippen LogP contribution >= 0.6 is 0 Å². The van der Waals surface area contributed by atoms with Gasteiger partial charge in [0, 0.05) is 25.5 Å². The van der Waals surface area contributed by atoms with Crippen LogP contribution in [0.25, 0.3) is 11.2 Å². The largest absolute Gasteiger partial charge is 0.454 e. The summed E-state index contributed by atoms with van der Waals surface area (Å²) in [5.74, 6) is -0.0786. The van der Waals surface area contributed by atoms with Gasteiger partial charge in [-0.1, -0.05) is 25.5 Å². The van der Waals surface area contributed by atoms with Gasteiger partial charge in [0.15, 0.2) is 11.2 Å². The van der Waals surface area contributed by atoms with E-state index in [4.69, 9.17) is 4.74 Å². The van der Waals surface area contributed by atoms with Gasteiger partial charge in [-0.2, -0.15) is 5.10 Å². The molecule has 0 saturated carbocycles. The van der Waals surface area contributed by atoms with E-state index in [1.54, 1.807) is 27.6 Å². The van der Waals surface area contributed by atoms with Crippen molar-refractivity contribution in [3.8, 4) is 0 Å². The van der Waals surface area contributed by atoms with Crippen LogP contribution < -0.4 is 11.2 Å². The summed E-state index contributed by atoms with van der Waals surface area (Å²) in [6, 6.07) is 8.97. The Balaban J connectivity index is 1.54. The van der Waals surface area contributed by atoms with Gasteiger partial charge in [0.1, 0.15) is 12.4 Å². The van der Waals surface area contributed by atoms with Crippen molar-refractivity contribution >= 4 is 17.1 Å². The highest BCUT2D eigenvalue weighted by Gasteiger charge is 2.19. The van der Waals surface area contributed by atoms with Crippen LogP contribution in [0.3, 0.4) is 0 Å². The third-order valence-electron chi connectivity index (χ3n) is 5.44. The van der Waals surface area contributed by atoms with Crippen molar-refractivity contribution in [1.82, 2.24) is 28.9 Å². The second kappa shape index (κ2) is 9.68. The Morgan fingerprint density at radius 2 is 1.91 bits per heavy atom. The molecule has 0 amide bonds. The van der Waals surface area contributed by atoms with Gasteiger partial charge < -0.3 is 9.30 Å². The van der Waals surface area contributed by atoms with Crippen LogP contribution in [0, 0.1) is 0 Å². The van der Waals surface area contributed by atoms with Crippen LogP contribution in [0.5, 0.6) is 0 Å². The average Bonchev–Trinajstić information content (AvgIpc) is 3.45. The molecule has 0 fully saturated rings. The molecular formula is C23H26N6O4. The highest BCUT2D eigenvalue weighted by Crippen LogP contribution is 2.14. The van der Waals surface area contributed by atoms with Crippen molar-refractivity contribution in [3.63, 3.8) is 0 Å². The predicted octanol–water partition coefficient (Wildman–Crippen LogP) is 2.31. The van der Waals surface area contributed by atoms with Gasteiger partial charge in [0.25, 0.3) is 5.56 Å². The molecule has 4 rings (SSSR count). The lowest BCUT2D eigenvalue weighted by Crippen LogP contribution is -2.31. The van der Waals surface area contributed by atoms with E-state index in [0.717, 1.165) is 18.4 Å². The molecule has 10 nitrogen and oxygen atoms in total. The third kappa shape index (κ3) is 4.64. The molecule has 0 saturated heterocycles. The Hall–Kier alpha value is -3.95. The number of imidazole rings is 1. The van der Waals surface area contributed by atoms with Gasteiger partial charge in [0.05, 0.1) is 12.1 Å². The maximum atomic E-state index is 12.6. The Labute approximate surface area is 189 Å². The lowest BCUT2D eigenvalue weighted by molar-refractivity contribution is 0.0458. The van der Waals surface area contributed by atoms with E-state index in [2.05, 4.69) is 15.1 Å². The number of H-pyrrole nitrogens is 1. The summed E-state index contributed by atoms with van der Waals surface area (Å²) in [5.41, 5.74) is 1.06. The van der Waals surface area contributed by atoms with E-state index >= 15 is 0 Å². The number of rotatable bonds is 9. The van der Waals surface area contributed by atoms with Gasteiger partial charge in [-0.05, 0) is 37.1 Å². The highest BCUT2D eigenvalue weighted by atomic mass is 16.5. The number of aromatic amines is 1. The minimum atomic E-state index is -0.498. The van der Waals surface area contributed by atoms with Crippen molar-refractivity contribution in [2.45, 2.75) is 52.9 Å². The Bertz CT molecular complexity index is 1360. The first kappa shape index (κ1) is 22.3. The van der Waals surface area contributed by atoms with Crippen molar-refractivity contribution in [2.75, 3.05) is 0 Å². The Kier molecular flexibility index (Phi) is 6.53. The van der Waals surface area contributed by atoms with Crippen LogP contribution in [-0.2, 0) is 31.0 Å². The maximum absolute atomic E-state index is 12.6. The number of nitrogens with one attached hydrogen (secondary N) is 1. The first-order chi connectivity index (χ1) is 16.0. The molecule has 0 unspecified atom stereocenters. The van der Waals surface area contributed by atoms with Gasteiger partial charge in [-0.15, -0.1) is 0 Å². The van der Waals surface area contributed by atoms with Crippen LogP contribution in [0.2, 0.25) is 0 Å². The van der Waals surface area contributed by atoms with Crippen LogP contribution in [0.4, 0.5) is 0 Å². The predicted molar refractivity (Wildman–Crippen MR) is 122 cm³/mol. The van der Waals surface area contributed by atoms with Crippen molar-refractivity contribution in [3.05, 3.63) is 80.5 Å². The summed E-state index contributed by atoms with van der Waals surface area (Å²) in [5, 5.41) is 4.17. The second-order valence-electron chi connectivity index (χ2n) is 7.69. The number of aromatic nitrogens is 6. The topological polar surface area (TPSA) is 117 Å². The van der Waals surface area contributed by atoms with E-state index in [9.17, 15) is 14.4 Å². The van der Waals surface area contributed by atoms with Gasteiger partial charge in [-0.25, -0.2) is 14.6 Å². The first-order valence-electron chi connectivity index (χ1n) is 11.0. The average molecular weight is 450 g/mol. The molecule has 0 bridgehead atoms. The SMILES string of the molecule is CCCCn1c(=O)[nH]c(=O)c2c1nc(COC(=O)c1ccc(Cn3cccn3)cc1)n2CC. The molecule has 172 valence electrons. The Morgan fingerprint density at radius 1 is 1.12 bits per heavy atom. The van der Waals surface area contributed by atoms with Crippen LogP contribution in [0.1, 0.15) is 48.4 Å². The fourth-order valence-corrected chi connectivity index (χ4v) is 3.73. The smallest absolute Gasteiger partial charge is 0.338 e. The molecule has 0 atom stereocenters. The summed E-state index contributed by atoms with van der Waals surface area (Å²) in [6.07, 6.45) is 5.26. The monoisotopic (exact) mass is 450 g/mol. The number of ether oxygens (including phenoxy) is 1. The molecule has 0 aliphatic carbocycles. The quantitative estimate of drug-likeness (QED) is 0.391. The summed E-state index contributed by atoms with van der Waals surface area (Å²) >= 11 is 0. The van der Waals surface area contributed by atoms with Gasteiger partial charge >= 0.3 is 11.7 Å². The lowest BCUT2D eigenvalue weighted by Gasteiger charge is -2.08. The molecule has 0 aliphatic heterocycles. The molecule has 1 aromatic carbocycles. The minimum Gasteiger partial charge on any atom is -0.454 e. The number of hydrogen-bond acceptors (Lipinski definition) is 6. The fourth-order valence-electron chi connectivity index (χ4n) is 3.73. The number of aryl methyl sites for hydroxylation is 2. The minimum absolute atomic E-state index is 0.113. The first-order valence-corrected chi connectivity index (χ1v) is 11.0. The van der Waals surface area contributed by atoms with Crippen molar-refractivity contribution < 1.29 is 9.53 Å². The Morgan fingerprint density at radius 3 is 2.58 bits per heavy atom. The van der Waals surface area contributed by atoms with E-state index in [0.29, 0.717) is 42.2 Å². The zero-order valence-corrected chi connectivity index (χ0v) is 18.7. The normalized spacial score (nSPS) is 11.2. The number of carbonyl (C=O) groups excluding carboxylic acids is 1. The number of benzene rings is 1. The van der Waals surface area contributed by atoms with Gasteiger partial charge in [-0.3, -0.25) is 19.0 Å². The van der Waals surface area contributed by atoms with E-state index < -0.39 is 17.2 Å². The number of carbonyl (C=O) groups is 1. The molecule has 33 heavy (non-hydrogen) atoms. The molecule has 3 aromatic heterocycles. The molecule has 0 radical (unpaired) electrons. The number of hydrogen-bond donors (Lipinski definition) is 1. The molecule has 0 spiro atoms.